The molecule has 4 heterocycles. The van der Waals surface area contributed by atoms with Gasteiger partial charge >= 0.3 is 0 Å². The van der Waals surface area contributed by atoms with E-state index in [9.17, 15) is 8.42 Å². The van der Waals surface area contributed by atoms with E-state index in [-0.39, 0.29) is 10.7 Å². The third-order valence-electron chi connectivity index (χ3n) is 9.44. The van der Waals surface area contributed by atoms with Crippen LogP contribution in [0.25, 0.3) is 22.4 Å². The molecule has 0 N–H and O–H groups in total. The minimum absolute atomic E-state index is 0.243. The first-order valence-corrected chi connectivity index (χ1v) is 16.4. The Morgan fingerprint density at radius 1 is 0.974 bits per heavy atom. The molecule has 6 nitrogen and oxygen atoms in total. The number of hydrogen-bond acceptors (Lipinski definition) is 5. The van der Waals surface area contributed by atoms with Crippen LogP contribution in [0.1, 0.15) is 63.9 Å². The molecule has 2 bridgehead atoms. The first kappa shape index (κ1) is 26.9. The number of sulfone groups is 1. The second-order valence-electron chi connectivity index (χ2n) is 12.6. The van der Waals surface area contributed by atoms with Gasteiger partial charge in [0.2, 0.25) is 0 Å². The highest BCUT2D eigenvalue weighted by Crippen LogP contribution is 2.40. The minimum atomic E-state index is -3.27. The van der Waals surface area contributed by atoms with Crippen molar-refractivity contribution in [3.05, 3.63) is 47.8 Å². The number of benzene rings is 2. The summed E-state index contributed by atoms with van der Waals surface area (Å²) in [4.78, 5) is 10.6. The van der Waals surface area contributed by atoms with Gasteiger partial charge in [0.05, 0.1) is 10.4 Å². The molecule has 2 unspecified atom stereocenters. The van der Waals surface area contributed by atoms with Crippen molar-refractivity contribution in [3.8, 4) is 11.4 Å². The van der Waals surface area contributed by atoms with E-state index < -0.39 is 9.84 Å². The summed E-state index contributed by atoms with van der Waals surface area (Å²) in [7, 11) is -1.46. The third kappa shape index (κ3) is 5.16. The summed E-state index contributed by atoms with van der Waals surface area (Å²) in [5.74, 6) is 1.47. The second-order valence-corrected chi connectivity index (χ2v) is 14.6. The van der Waals surface area contributed by atoms with Crippen molar-refractivity contribution < 1.29 is 12.8 Å². The predicted octanol–water partition coefficient (Wildman–Crippen LogP) is 5.61. The lowest BCUT2D eigenvalue weighted by atomic mass is 9.86. The second kappa shape index (κ2) is 10.3. The van der Waals surface area contributed by atoms with Crippen molar-refractivity contribution in [2.75, 3.05) is 25.9 Å². The predicted molar refractivity (Wildman–Crippen MR) is 154 cm³/mol. The first-order chi connectivity index (χ1) is 18.6. The lowest BCUT2D eigenvalue weighted by Gasteiger charge is -2.46. The molecule has 210 valence electrons. The SMILES string of the molecule is CC(C)CN1C2CCC1CC(N1CCC(c3cc(F)c4c(c3)nc(-c3ccc(S(C)(=O)=O)cc3)n4C)CC1)C2. The number of nitrogens with zero attached hydrogens (tertiary/aromatic N) is 4. The molecule has 3 fully saturated rings. The molecule has 3 aliphatic heterocycles. The number of rotatable bonds is 6. The van der Waals surface area contributed by atoms with Crippen molar-refractivity contribution in [2.24, 2.45) is 13.0 Å². The molecule has 0 saturated carbocycles. The van der Waals surface area contributed by atoms with Gasteiger partial charge in [0.1, 0.15) is 17.2 Å². The number of aromatic nitrogens is 2. The van der Waals surface area contributed by atoms with E-state index in [2.05, 4.69) is 29.7 Å². The van der Waals surface area contributed by atoms with E-state index in [4.69, 9.17) is 4.98 Å². The zero-order valence-corrected chi connectivity index (χ0v) is 24.4. The highest BCUT2D eigenvalue weighted by Gasteiger charge is 2.42. The number of hydrogen-bond donors (Lipinski definition) is 0. The molecule has 3 aliphatic rings. The van der Waals surface area contributed by atoms with Gasteiger partial charge in [0.15, 0.2) is 9.84 Å². The summed E-state index contributed by atoms with van der Waals surface area (Å²) in [5, 5.41) is 0. The summed E-state index contributed by atoms with van der Waals surface area (Å²) >= 11 is 0. The summed E-state index contributed by atoms with van der Waals surface area (Å²) in [6.45, 7) is 8.07. The molecule has 1 aromatic heterocycles. The highest BCUT2D eigenvalue weighted by molar-refractivity contribution is 7.90. The Morgan fingerprint density at radius 3 is 2.21 bits per heavy atom. The quantitative estimate of drug-likeness (QED) is 0.398. The van der Waals surface area contributed by atoms with Gasteiger partial charge in [0, 0.05) is 43.5 Å². The Hall–Kier alpha value is -2.29. The fourth-order valence-electron chi connectivity index (χ4n) is 7.52. The van der Waals surface area contributed by atoms with Crippen LogP contribution >= 0.6 is 0 Å². The Bertz CT molecular complexity index is 1440. The zero-order valence-electron chi connectivity index (χ0n) is 23.6. The number of fused-ring (bicyclic) bond motifs is 3. The van der Waals surface area contributed by atoms with Crippen LogP contribution in [-0.2, 0) is 16.9 Å². The van der Waals surface area contributed by atoms with Gasteiger partial charge in [0.25, 0.3) is 0 Å². The molecule has 3 aromatic rings. The third-order valence-corrected chi connectivity index (χ3v) is 10.6. The van der Waals surface area contributed by atoms with Crippen LogP contribution in [0.3, 0.4) is 0 Å². The van der Waals surface area contributed by atoms with Crippen molar-refractivity contribution in [1.29, 1.82) is 0 Å². The van der Waals surface area contributed by atoms with Gasteiger partial charge in [-0.15, -0.1) is 0 Å². The fraction of sp³-hybridized carbons (Fsp3) is 0.581. The maximum absolute atomic E-state index is 15.4. The molecule has 6 rings (SSSR count). The average molecular weight is 553 g/mol. The molecule has 8 heteroatoms. The van der Waals surface area contributed by atoms with E-state index in [0.29, 0.717) is 28.8 Å². The summed E-state index contributed by atoms with van der Waals surface area (Å²) in [6, 6.07) is 12.6. The molecule has 2 atom stereocenters. The molecule has 3 saturated heterocycles. The number of halogens is 1. The molecule has 39 heavy (non-hydrogen) atoms. The van der Waals surface area contributed by atoms with E-state index >= 15 is 4.39 Å². The smallest absolute Gasteiger partial charge is 0.175 e. The summed E-state index contributed by atoms with van der Waals surface area (Å²) in [5.41, 5.74) is 2.96. The van der Waals surface area contributed by atoms with Crippen LogP contribution in [0.4, 0.5) is 4.39 Å². The molecular weight excluding hydrogens is 511 g/mol. The van der Waals surface area contributed by atoms with Gasteiger partial charge in [-0.05, 0) is 105 Å². The monoisotopic (exact) mass is 552 g/mol. The standard InChI is InChI=1S/C31H41FN4O2S/c1-20(2)19-36-24-7-8-25(36)18-26(17-24)35-13-11-21(12-14-35)23-15-28(32)30-29(16-23)33-31(34(30)3)22-5-9-27(10-6-22)39(4,37)38/h5-6,9-10,15-16,20-21,24-26H,7-8,11-14,17-19H2,1-4H3. The largest absolute Gasteiger partial charge is 0.325 e. The van der Waals surface area contributed by atoms with Crippen molar-refractivity contribution in [1.82, 2.24) is 19.4 Å². The molecule has 0 amide bonds. The van der Waals surface area contributed by atoms with Gasteiger partial charge in [-0.3, -0.25) is 4.90 Å². The fourth-order valence-corrected chi connectivity index (χ4v) is 8.15. The Morgan fingerprint density at radius 2 is 1.62 bits per heavy atom. The Kier molecular flexibility index (Phi) is 7.09. The Balaban J connectivity index is 1.16. The summed E-state index contributed by atoms with van der Waals surface area (Å²) in [6.07, 6.45) is 8.62. The Labute approximate surface area is 232 Å². The summed E-state index contributed by atoms with van der Waals surface area (Å²) < 4.78 is 40.9. The van der Waals surface area contributed by atoms with Crippen LogP contribution in [-0.4, -0.2) is 71.8 Å². The van der Waals surface area contributed by atoms with Gasteiger partial charge in [-0.25, -0.2) is 17.8 Å². The van der Waals surface area contributed by atoms with Crippen molar-refractivity contribution in [2.45, 2.75) is 81.3 Å². The molecule has 0 aliphatic carbocycles. The van der Waals surface area contributed by atoms with Crippen LogP contribution in [0.15, 0.2) is 41.3 Å². The maximum atomic E-state index is 15.4. The number of aryl methyl sites for hydroxylation is 1. The molecule has 0 spiro atoms. The van der Waals surface area contributed by atoms with E-state index in [1.54, 1.807) is 34.9 Å². The molecule has 0 radical (unpaired) electrons. The van der Waals surface area contributed by atoms with E-state index in [0.717, 1.165) is 55.1 Å². The molecular formula is C31H41FN4O2S. The van der Waals surface area contributed by atoms with Crippen molar-refractivity contribution >= 4 is 20.9 Å². The maximum Gasteiger partial charge on any atom is 0.175 e. The van der Waals surface area contributed by atoms with Gasteiger partial charge in [-0.2, -0.15) is 0 Å². The van der Waals surface area contributed by atoms with Crippen molar-refractivity contribution in [3.63, 3.8) is 0 Å². The highest BCUT2D eigenvalue weighted by atomic mass is 32.2. The van der Waals surface area contributed by atoms with Crippen LogP contribution in [0.5, 0.6) is 0 Å². The lowest BCUT2D eigenvalue weighted by molar-refractivity contribution is 0.0403. The van der Waals surface area contributed by atoms with Crippen LogP contribution in [0, 0.1) is 11.7 Å². The number of likely N-dealkylation sites (tertiary alicyclic amines) is 1. The van der Waals surface area contributed by atoms with E-state index in [1.165, 1.54) is 38.5 Å². The topological polar surface area (TPSA) is 58.4 Å². The minimum Gasteiger partial charge on any atom is -0.325 e. The van der Waals surface area contributed by atoms with Crippen LogP contribution < -0.4 is 0 Å². The van der Waals surface area contributed by atoms with Crippen LogP contribution in [0.2, 0.25) is 0 Å². The normalized spacial score (nSPS) is 25.2. The van der Waals surface area contributed by atoms with E-state index in [1.807, 2.05) is 7.05 Å². The zero-order chi connectivity index (χ0) is 27.5. The van der Waals surface area contributed by atoms with Gasteiger partial charge in [-0.1, -0.05) is 13.8 Å². The number of imidazole rings is 1. The number of piperidine rings is 2. The average Bonchev–Trinajstić information content (AvgIpc) is 3.33. The lowest BCUT2D eigenvalue weighted by Crippen LogP contribution is -2.52. The molecule has 2 aromatic carbocycles. The van der Waals surface area contributed by atoms with Gasteiger partial charge < -0.3 is 9.47 Å². The first-order valence-electron chi connectivity index (χ1n) is 14.5.